The zero-order valence-electron chi connectivity index (χ0n) is 10.4. The van der Waals surface area contributed by atoms with Gasteiger partial charge in [-0.3, -0.25) is 4.79 Å². The van der Waals surface area contributed by atoms with Gasteiger partial charge in [-0.2, -0.15) is 0 Å². The summed E-state index contributed by atoms with van der Waals surface area (Å²) < 4.78 is 0. The summed E-state index contributed by atoms with van der Waals surface area (Å²) in [4.78, 5) is 11.7. The van der Waals surface area contributed by atoms with Crippen molar-refractivity contribution >= 4 is 28.1 Å². The molecular weight excluding hydrogens is 224 g/mol. The van der Waals surface area contributed by atoms with Crippen LogP contribution < -0.4 is 10.6 Å². The van der Waals surface area contributed by atoms with Gasteiger partial charge in [-0.1, -0.05) is 12.1 Å². The van der Waals surface area contributed by atoms with E-state index in [4.69, 9.17) is 0 Å². The third-order valence-corrected chi connectivity index (χ3v) is 3.34. The first kappa shape index (κ1) is 11.1. The lowest BCUT2D eigenvalue weighted by molar-refractivity contribution is -0.117. The molecule has 1 amide bonds. The van der Waals surface area contributed by atoms with Crippen LogP contribution in [0, 0.1) is 5.92 Å². The van der Waals surface area contributed by atoms with Crippen LogP contribution in [0.1, 0.15) is 12.8 Å². The summed E-state index contributed by atoms with van der Waals surface area (Å²) in [7, 11) is 1.91. The number of benzene rings is 2. The van der Waals surface area contributed by atoms with Crippen LogP contribution in [-0.4, -0.2) is 13.0 Å². The summed E-state index contributed by atoms with van der Waals surface area (Å²) in [6, 6.07) is 12.2. The smallest absolute Gasteiger partial charge is 0.227 e. The van der Waals surface area contributed by atoms with E-state index in [2.05, 4.69) is 22.8 Å². The number of nitrogens with one attached hydrogen (secondary N) is 2. The van der Waals surface area contributed by atoms with Crippen molar-refractivity contribution in [2.24, 2.45) is 5.92 Å². The predicted octanol–water partition coefficient (Wildman–Crippen LogP) is 3.23. The molecule has 0 unspecified atom stereocenters. The number of anilines is 2. The first-order chi connectivity index (χ1) is 8.76. The van der Waals surface area contributed by atoms with Gasteiger partial charge in [0.2, 0.25) is 5.91 Å². The zero-order valence-corrected chi connectivity index (χ0v) is 10.4. The van der Waals surface area contributed by atoms with Crippen molar-refractivity contribution in [2.75, 3.05) is 17.7 Å². The van der Waals surface area contributed by atoms with Gasteiger partial charge in [0.1, 0.15) is 0 Å². The Bertz CT molecular complexity index is 602. The summed E-state index contributed by atoms with van der Waals surface area (Å²) >= 11 is 0. The molecule has 92 valence electrons. The fraction of sp³-hybridized carbons (Fsp3) is 0.267. The number of hydrogen-bond donors (Lipinski definition) is 2. The zero-order chi connectivity index (χ0) is 12.5. The molecule has 2 aromatic rings. The molecule has 1 aliphatic rings. The third kappa shape index (κ3) is 2.16. The molecule has 2 N–H and O–H groups in total. The highest BCUT2D eigenvalue weighted by molar-refractivity contribution is 5.97. The lowest BCUT2D eigenvalue weighted by atomic mass is 10.1. The Kier molecular flexibility index (Phi) is 2.67. The molecule has 0 spiro atoms. The normalized spacial score (nSPS) is 14.5. The Hall–Kier alpha value is -2.03. The van der Waals surface area contributed by atoms with Gasteiger partial charge in [0.25, 0.3) is 0 Å². The molecule has 0 bridgehead atoms. The Morgan fingerprint density at radius 3 is 2.28 bits per heavy atom. The van der Waals surface area contributed by atoms with Crippen molar-refractivity contribution in [1.82, 2.24) is 0 Å². The van der Waals surface area contributed by atoms with Crippen molar-refractivity contribution < 1.29 is 4.79 Å². The largest absolute Gasteiger partial charge is 0.388 e. The summed E-state index contributed by atoms with van der Waals surface area (Å²) in [5, 5.41) is 8.40. The minimum atomic E-state index is 0.154. The van der Waals surface area contributed by atoms with Crippen molar-refractivity contribution in [3.8, 4) is 0 Å². The molecule has 1 aliphatic carbocycles. The highest BCUT2D eigenvalue weighted by Crippen LogP contribution is 2.30. The molecule has 18 heavy (non-hydrogen) atoms. The number of rotatable bonds is 3. The van der Waals surface area contributed by atoms with Crippen LogP contribution in [-0.2, 0) is 4.79 Å². The summed E-state index contributed by atoms with van der Waals surface area (Å²) in [6.45, 7) is 0. The van der Waals surface area contributed by atoms with Gasteiger partial charge in [-0.15, -0.1) is 0 Å². The monoisotopic (exact) mass is 240 g/mol. The highest BCUT2D eigenvalue weighted by Gasteiger charge is 2.29. The molecule has 3 nitrogen and oxygen atoms in total. The van der Waals surface area contributed by atoms with Crippen molar-refractivity contribution in [2.45, 2.75) is 12.8 Å². The Morgan fingerprint density at radius 1 is 1.06 bits per heavy atom. The Morgan fingerprint density at radius 2 is 1.67 bits per heavy atom. The van der Waals surface area contributed by atoms with E-state index in [0.29, 0.717) is 0 Å². The van der Waals surface area contributed by atoms with E-state index in [1.807, 2.05) is 31.3 Å². The lowest BCUT2D eigenvalue weighted by Gasteiger charge is -2.07. The number of fused-ring (bicyclic) bond motifs is 1. The van der Waals surface area contributed by atoms with Crippen molar-refractivity contribution in [3.63, 3.8) is 0 Å². The molecule has 0 aliphatic heterocycles. The van der Waals surface area contributed by atoms with Crippen LogP contribution in [0.3, 0.4) is 0 Å². The number of amides is 1. The second kappa shape index (κ2) is 4.33. The molecule has 0 atom stereocenters. The number of hydrogen-bond acceptors (Lipinski definition) is 2. The van der Waals surface area contributed by atoms with Gasteiger partial charge in [0.05, 0.1) is 0 Å². The van der Waals surface area contributed by atoms with Gasteiger partial charge < -0.3 is 10.6 Å². The molecule has 0 saturated heterocycles. The van der Waals surface area contributed by atoms with E-state index in [-0.39, 0.29) is 11.8 Å². The first-order valence-electron chi connectivity index (χ1n) is 6.29. The lowest BCUT2D eigenvalue weighted by Crippen LogP contribution is -2.13. The van der Waals surface area contributed by atoms with E-state index in [1.165, 1.54) is 5.39 Å². The maximum atomic E-state index is 11.7. The maximum Gasteiger partial charge on any atom is 0.227 e. The second-order valence-electron chi connectivity index (χ2n) is 4.79. The molecule has 0 heterocycles. The number of carbonyl (C=O) groups excluding carboxylic acids is 1. The molecule has 0 aromatic heterocycles. The van der Waals surface area contributed by atoms with Crippen LogP contribution >= 0.6 is 0 Å². The van der Waals surface area contributed by atoms with Crippen LogP contribution in [0.5, 0.6) is 0 Å². The molecule has 2 aromatic carbocycles. The second-order valence-corrected chi connectivity index (χ2v) is 4.79. The van der Waals surface area contributed by atoms with E-state index >= 15 is 0 Å². The average Bonchev–Trinajstić information content (AvgIpc) is 3.22. The van der Waals surface area contributed by atoms with E-state index < -0.39 is 0 Å². The van der Waals surface area contributed by atoms with Crippen LogP contribution in [0.2, 0.25) is 0 Å². The van der Waals surface area contributed by atoms with Crippen LogP contribution in [0.25, 0.3) is 10.8 Å². The van der Waals surface area contributed by atoms with E-state index in [1.54, 1.807) is 0 Å². The Labute approximate surface area is 106 Å². The van der Waals surface area contributed by atoms with Crippen LogP contribution in [0.15, 0.2) is 36.4 Å². The average molecular weight is 240 g/mol. The molecule has 1 fully saturated rings. The van der Waals surface area contributed by atoms with Gasteiger partial charge in [-0.25, -0.2) is 0 Å². The van der Waals surface area contributed by atoms with E-state index in [9.17, 15) is 4.79 Å². The van der Waals surface area contributed by atoms with Crippen molar-refractivity contribution in [3.05, 3.63) is 36.4 Å². The Balaban J connectivity index is 1.88. The SMILES string of the molecule is CNc1ccc2cc(NC(=O)C3CC3)ccc2c1. The van der Waals surface area contributed by atoms with Gasteiger partial charge in [-0.05, 0) is 47.9 Å². The maximum absolute atomic E-state index is 11.7. The molecule has 0 radical (unpaired) electrons. The fourth-order valence-corrected chi connectivity index (χ4v) is 2.07. The standard InChI is InChI=1S/C15H16N2O/c1-16-13-6-4-12-9-14(7-5-11(12)8-13)17-15(18)10-2-3-10/h4-10,16H,2-3H2,1H3,(H,17,18). The predicted molar refractivity (Wildman–Crippen MR) is 74.8 cm³/mol. The molecule has 3 rings (SSSR count). The highest BCUT2D eigenvalue weighted by atomic mass is 16.2. The molecule has 3 heteroatoms. The van der Waals surface area contributed by atoms with Crippen LogP contribution in [0.4, 0.5) is 11.4 Å². The summed E-state index contributed by atoms with van der Waals surface area (Å²) in [6.07, 6.45) is 2.07. The summed E-state index contributed by atoms with van der Waals surface area (Å²) in [5.41, 5.74) is 1.98. The van der Waals surface area contributed by atoms with Gasteiger partial charge in [0.15, 0.2) is 0 Å². The van der Waals surface area contributed by atoms with Crippen molar-refractivity contribution in [1.29, 1.82) is 0 Å². The third-order valence-electron chi connectivity index (χ3n) is 3.34. The van der Waals surface area contributed by atoms with Gasteiger partial charge >= 0.3 is 0 Å². The number of carbonyl (C=O) groups is 1. The molecule has 1 saturated carbocycles. The minimum Gasteiger partial charge on any atom is -0.388 e. The van der Waals surface area contributed by atoms with E-state index in [0.717, 1.165) is 29.6 Å². The quantitative estimate of drug-likeness (QED) is 0.864. The minimum absolute atomic E-state index is 0.154. The fourth-order valence-electron chi connectivity index (χ4n) is 2.07. The first-order valence-corrected chi connectivity index (χ1v) is 6.29. The summed E-state index contributed by atoms with van der Waals surface area (Å²) in [5.74, 6) is 0.397. The molecular formula is C15H16N2O. The topological polar surface area (TPSA) is 41.1 Å². The van der Waals surface area contributed by atoms with Gasteiger partial charge in [0, 0.05) is 24.3 Å².